The summed E-state index contributed by atoms with van der Waals surface area (Å²) in [6.07, 6.45) is 3.57. The molecule has 21 heavy (non-hydrogen) atoms. The van der Waals surface area contributed by atoms with Crippen LogP contribution < -0.4 is 5.32 Å². The van der Waals surface area contributed by atoms with Crippen molar-refractivity contribution in [3.05, 3.63) is 34.6 Å². The Balaban J connectivity index is 1.77. The third-order valence-electron chi connectivity index (χ3n) is 3.86. The molecule has 0 saturated heterocycles. The van der Waals surface area contributed by atoms with Crippen LogP contribution in [-0.4, -0.2) is 18.6 Å². The van der Waals surface area contributed by atoms with E-state index in [0.717, 1.165) is 31.2 Å². The summed E-state index contributed by atoms with van der Waals surface area (Å²) in [5, 5.41) is 3.82. The molecule has 1 aromatic rings. The van der Waals surface area contributed by atoms with E-state index in [1.54, 1.807) is 6.07 Å². The second kappa shape index (κ2) is 7.76. The smallest absolute Gasteiger partial charge is 0.308 e. The standard InChI is InChI=1S/C16H21ClFNO2/c1-2-21-16(20)12-3-5-15(6-4-12)19-10-11-7-13(17)9-14(18)8-11/h7-9,12,15,19H,2-6,10H2,1H3. The van der Waals surface area contributed by atoms with Crippen molar-refractivity contribution in [3.8, 4) is 0 Å². The van der Waals surface area contributed by atoms with Gasteiger partial charge in [0.05, 0.1) is 12.5 Å². The van der Waals surface area contributed by atoms with E-state index in [1.807, 2.05) is 6.92 Å². The average molecular weight is 314 g/mol. The predicted octanol–water partition coefficient (Wildman–Crippen LogP) is 3.69. The summed E-state index contributed by atoms with van der Waals surface area (Å²) in [4.78, 5) is 11.7. The highest BCUT2D eigenvalue weighted by atomic mass is 35.5. The Morgan fingerprint density at radius 1 is 1.33 bits per heavy atom. The summed E-state index contributed by atoms with van der Waals surface area (Å²) in [6, 6.07) is 4.92. The van der Waals surface area contributed by atoms with Crippen molar-refractivity contribution in [2.45, 2.75) is 45.2 Å². The number of nitrogens with one attached hydrogen (secondary N) is 1. The molecule has 1 aromatic carbocycles. The van der Waals surface area contributed by atoms with Gasteiger partial charge in [0, 0.05) is 17.6 Å². The number of hydrogen-bond donors (Lipinski definition) is 1. The monoisotopic (exact) mass is 313 g/mol. The third-order valence-corrected chi connectivity index (χ3v) is 4.08. The van der Waals surface area contributed by atoms with E-state index in [4.69, 9.17) is 16.3 Å². The van der Waals surface area contributed by atoms with E-state index in [9.17, 15) is 9.18 Å². The van der Waals surface area contributed by atoms with Crippen molar-refractivity contribution in [2.75, 3.05) is 6.61 Å². The molecule has 3 nitrogen and oxygen atoms in total. The second-order valence-corrected chi connectivity index (χ2v) is 5.90. The third kappa shape index (κ3) is 4.97. The fraction of sp³-hybridized carbons (Fsp3) is 0.562. The number of carbonyl (C=O) groups excluding carboxylic acids is 1. The van der Waals surface area contributed by atoms with Gasteiger partial charge >= 0.3 is 5.97 Å². The first-order valence-corrected chi connectivity index (χ1v) is 7.81. The van der Waals surface area contributed by atoms with Crippen LogP contribution in [0.1, 0.15) is 38.2 Å². The number of ether oxygens (including phenoxy) is 1. The number of esters is 1. The van der Waals surface area contributed by atoms with E-state index in [2.05, 4.69) is 5.32 Å². The maximum Gasteiger partial charge on any atom is 0.308 e. The van der Waals surface area contributed by atoms with Gasteiger partial charge in [-0.1, -0.05) is 11.6 Å². The Hall–Kier alpha value is -1.13. The highest BCUT2D eigenvalue weighted by molar-refractivity contribution is 6.30. The largest absolute Gasteiger partial charge is 0.466 e. The first-order valence-electron chi connectivity index (χ1n) is 7.43. The summed E-state index contributed by atoms with van der Waals surface area (Å²) in [5.41, 5.74) is 0.840. The Kier molecular flexibility index (Phi) is 6.00. The highest BCUT2D eigenvalue weighted by Gasteiger charge is 2.26. The lowest BCUT2D eigenvalue weighted by molar-refractivity contribution is -0.149. The molecule has 116 valence electrons. The molecule has 1 N–H and O–H groups in total. The lowest BCUT2D eigenvalue weighted by Crippen LogP contribution is -2.35. The molecule has 1 saturated carbocycles. The van der Waals surface area contributed by atoms with Gasteiger partial charge in [-0.2, -0.15) is 0 Å². The molecule has 0 spiro atoms. The predicted molar refractivity (Wildman–Crippen MR) is 80.6 cm³/mol. The van der Waals surface area contributed by atoms with Crippen LogP contribution in [0.25, 0.3) is 0 Å². The van der Waals surface area contributed by atoms with E-state index in [1.165, 1.54) is 12.1 Å². The molecule has 0 radical (unpaired) electrons. The summed E-state index contributed by atoms with van der Waals surface area (Å²) in [6.45, 7) is 2.86. The number of hydrogen-bond acceptors (Lipinski definition) is 3. The van der Waals surface area contributed by atoms with Gasteiger partial charge in [-0.15, -0.1) is 0 Å². The van der Waals surface area contributed by atoms with Crippen molar-refractivity contribution in [1.29, 1.82) is 0 Å². The van der Waals surface area contributed by atoms with Crippen molar-refractivity contribution < 1.29 is 13.9 Å². The zero-order valence-corrected chi connectivity index (χ0v) is 13.0. The van der Waals surface area contributed by atoms with Gasteiger partial charge in [0.15, 0.2) is 0 Å². The Morgan fingerprint density at radius 2 is 2.05 bits per heavy atom. The summed E-state index contributed by atoms with van der Waals surface area (Å²) >= 11 is 5.84. The fourth-order valence-electron chi connectivity index (χ4n) is 2.77. The lowest BCUT2D eigenvalue weighted by Gasteiger charge is -2.28. The van der Waals surface area contributed by atoms with Crippen LogP contribution >= 0.6 is 11.6 Å². The number of carbonyl (C=O) groups is 1. The van der Waals surface area contributed by atoms with Crippen molar-refractivity contribution in [1.82, 2.24) is 5.32 Å². The maximum absolute atomic E-state index is 13.2. The van der Waals surface area contributed by atoms with Crippen molar-refractivity contribution in [2.24, 2.45) is 5.92 Å². The Bertz CT molecular complexity index is 467. The molecule has 5 heteroatoms. The quantitative estimate of drug-likeness (QED) is 0.843. The summed E-state index contributed by atoms with van der Waals surface area (Å²) < 4.78 is 18.3. The summed E-state index contributed by atoms with van der Waals surface area (Å²) in [7, 11) is 0. The number of benzene rings is 1. The Labute approximate surface area is 129 Å². The topological polar surface area (TPSA) is 38.3 Å². The molecule has 1 fully saturated rings. The summed E-state index contributed by atoms with van der Waals surface area (Å²) in [5.74, 6) is -0.357. The molecular formula is C16H21ClFNO2. The fourth-order valence-corrected chi connectivity index (χ4v) is 3.01. The van der Waals surface area contributed by atoms with Gasteiger partial charge in [0.2, 0.25) is 0 Å². The van der Waals surface area contributed by atoms with E-state index < -0.39 is 0 Å². The first kappa shape index (κ1) is 16.2. The van der Waals surface area contributed by atoms with Gasteiger partial charge in [-0.3, -0.25) is 4.79 Å². The minimum Gasteiger partial charge on any atom is -0.466 e. The van der Waals surface area contributed by atoms with Gasteiger partial charge in [0.1, 0.15) is 5.82 Å². The zero-order valence-electron chi connectivity index (χ0n) is 12.2. The molecule has 0 aliphatic heterocycles. The molecule has 0 aromatic heterocycles. The van der Waals surface area contributed by atoms with Crippen LogP contribution in [0.4, 0.5) is 4.39 Å². The average Bonchev–Trinajstić information content (AvgIpc) is 2.45. The van der Waals surface area contributed by atoms with E-state index in [-0.39, 0.29) is 17.7 Å². The minimum absolute atomic E-state index is 0.0339. The van der Waals surface area contributed by atoms with Gasteiger partial charge in [-0.05, 0) is 56.4 Å². The molecule has 0 heterocycles. The van der Waals surface area contributed by atoms with Crippen LogP contribution in [0.3, 0.4) is 0 Å². The van der Waals surface area contributed by atoms with Crippen LogP contribution in [0.2, 0.25) is 5.02 Å². The molecular weight excluding hydrogens is 293 g/mol. The van der Waals surface area contributed by atoms with Crippen LogP contribution in [0.15, 0.2) is 18.2 Å². The lowest BCUT2D eigenvalue weighted by atomic mass is 9.86. The van der Waals surface area contributed by atoms with Crippen molar-refractivity contribution in [3.63, 3.8) is 0 Å². The SMILES string of the molecule is CCOC(=O)C1CCC(NCc2cc(F)cc(Cl)c2)CC1. The second-order valence-electron chi connectivity index (χ2n) is 5.46. The maximum atomic E-state index is 13.2. The van der Waals surface area contributed by atoms with E-state index >= 15 is 0 Å². The van der Waals surface area contributed by atoms with Crippen LogP contribution in [-0.2, 0) is 16.1 Å². The molecule has 1 aliphatic rings. The van der Waals surface area contributed by atoms with Crippen LogP contribution in [0, 0.1) is 11.7 Å². The first-order chi connectivity index (χ1) is 10.1. The van der Waals surface area contributed by atoms with Gasteiger partial charge in [0.25, 0.3) is 0 Å². The van der Waals surface area contributed by atoms with Gasteiger partial charge < -0.3 is 10.1 Å². The highest BCUT2D eigenvalue weighted by Crippen LogP contribution is 2.25. The molecule has 0 atom stereocenters. The zero-order chi connectivity index (χ0) is 15.2. The van der Waals surface area contributed by atoms with Gasteiger partial charge in [-0.25, -0.2) is 4.39 Å². The van der Waals surface area contributed by atoms with Crippen LogP contribution in [0.5, 0.6) is 0 Å². The minimum atomic E-state index is -0.315. The number of rotatable bonds is 5. The molecule has 0 unspecified atom stereocenters. The molecule has 0 amide bonds. The Morgan fingerprint density at radius 3 is 2.67 bits per heavy atom. The molecule has 2 rings (SSSR count). The molecule has 0 bridgehead atoms. The van der Waals surface area contributed by atoms with E-state index in [0.29, 0.717) is 24.2 Å². The molecule has 1 aliphatic carbocycles. The number of halogens is 2. The van der Waals surface area contributed by atoms with Crippen molar-refractivity contribution >= 4 is 17.6 Å². The normalized spacial score (nSPS) is 22.0.